The minimum atomic E-state index is -0.0440. The fourth-order valence-electron chi connectivity index (χ4n) is 3.53. The Bertz CT molecular complexity index is 1110. The molecule has 0 aliphatic carbocycles. The van der Waals surface area contributed by atoms with Crippen molar-refractivity contribution >= 4 is 39.6 Å². The van der Waals surface area contributed by atoms with Crippen LogP contribution in [0.15, 0.2) is 43.0 Å². The standard InChI is InChI=1S/C23H27N3O2S/c1-13(2)18-11-19(22(28)12-21(18)27)15(4)26(23(29)24-5)17-7-8-20-16(10-17)9-14(3)25(20)6/h7-13,27-28H,4H2,1-3,5-6H3,(H,24,29). The van der Waals surface area contributed by atoms with E-state index in [1.54, 1.807) is 18.0 Å². The molecule has 3 aromatic rings. The predicted octanol–water partition coefficient (Wildman–Crippen LogP) is 5.00. The van der Waals surface area contributed by atoms with Crippen LogP contribution in [-0.2, 0) is 7.05 Å². The molecule has 6 heteroatoms. The highest BCUT2D eigenvalue weighted by molar-refractivity contribution is 7.80. The number of phenolic OH excluding ortho intramolecular Hbond substituents is 2. The number of rotatable bonds is 4. The summed E-state index contributed by atoms with van der Waals surface area (Å²) in [6, 6.07) is 11.3. The molecule has 0 amide bonds. The van der Waals surface area contributed by atoms with Crippen molar-refractivity contribution in [2.45, 2.75) is 26.7 Å². The van der Waals surface area contributed by atoms with E-state index in [4.69, 9.17) is 12.2 Å². The first-order chi connectivity index (χ1) is 13.6. The molecule has 1 heterocycles. The first-order valence-corrected chi connectivity index (χ1v) is 9.89. The van der Waals surface area contributed by atoms with Gasteiger partial charge in [0.05, 0.1) is 5.70 Å². The third-order valence-electron chi connectivity index (χ3n) is 5.29. The first kappa shape index (κ1) is 20.7. The topological polar surface area (TPSA) is 60.7 Å². The fourth-order valence-corrected chi connectivity index (χ4v) is 3.74. The second-order valence-electron chi connectivity index (χ2n) is 7.51. The molecule has 2 aromatic carbocycles. The number of aromatic hydroxyl groups is 2. The highest BCUT2D eigenvalue weighted by Gasteiger charge is 2.21. The van der Waals surface area contributed by atoms with Crippen LogP contribution in [0.5, 0.6) is 11.5 Å². The number of nitrogens with one attached hydrogen (secondary N) is 1. The lowest BCUT2D eigenvalue weighted by Crippen LogP contribution is -2.36. The van der Waals surface area contributed by atoms with E-state index in [-0.39, 0.29) is 17.4 Å². The third-order valence-corrected chi connectivity index (χ3v) is 5.68. The van der Waals surface area contributed by atoms with Gasteiger partial charge >= 0.3 is 0 Å². The molecule has 0 aliphatic heterocycles. The zero-order valence-electron chi connectivity index (χ0n) is 17.4. The van der Waals surface area contributed by atoms with Crippen molar-refractivity contribution in [2.24, 2.45) is 7.05 Å². The van der Waals surface area contributed by atoms with Crippen molar-refractivity contribution in [2.75, 3.05) is 11.9 Å². The van der Waals surface area contributed by atoms with Crippen molar-refractivity contribution in [1.82, 2.24) is 9.88 Å². The summed E-state index contributed by atoms with van der Waals surface area (Å²) in [5.74, 6) is 0.117. The summed E-state index contributed by atoms with van der Waals surface area (Å²) in [4.78, 5) is 1.80. The molecule has 0 unspecified atom stereocenters. The Morgan fingerprint density at radius 3 is 2.45 bits per heavy atom. The number of aryl methyl sites for hydroxylation is 2. The summed E-state index contributed by atoms with van der Waals surface area (Å²) in [7, 11) is 3.79. The minimum absolute atomic E-state index is 0.0440. The summed E-state index contributed by atoms with van der Waals surface area (Å²) in [5, 5.41) is 25.3. The van der Waals surface area contributed by atoms with Crippen LogP contribution < -0.4 is 10.2 Å². The van der Waals surface area contributed by atoms with Crippen molar-refractivity contribution in [3.63, 3.8) is 0 Å². The van der Waals surface area contributed by atoms with Gasteiger partial charge in [0.15, 0.2) is 5.11 Å². The van der Waals surface area contributed by atoms with Crippen LogP contribution in [0.1, 0.15) is 36.6 Å². The predicted molar refractivity (Wildman–Crippen MR) is 125 cm³/mol. The molecule has 0 aliphatic rings. The van der Waals surface area contributed by atoms with Crippen LogP contribution in [0.25, 0.3) is 16.6 Å². The Morgan fingerprint density at radius 2 is 1.83 bits per heavy atom. The number of anilines is 1. The van der Waals surface area contributed by atoms with Gasteiger partial charge in [0.25, 0.3) is 0 Å². The monoisotopic (exact) mass is 409 g/mol. The number of thiocarbonyl (C=S) groups is 1. The molecule has 0 fully saturated rings. The lowest BCUT2D eigenvalue weighted by molar-refractivity contribution is 0.443. The van der Waals surface area contributed by atoms with Crippen molar-refractivity contribution in [3.05, 3.63) is 59.8 Å². The van der Waals surface area contributed by atoms with Crippen LogP contribution in [0.2, 0.25) is 0 Å². The van der Waals surface area contributed by atoms with E-state index in [0.29, 0.717) is 16.4 Å². The van der Waals surface area contributed by atoms with E-state index in [2.05, 4.69) is 35.5 Å². The molecule has 0 radical (unpaired) electrons. The molecular weight excluding hydrogens is 382 g/mol. The van der Waals surface area contributed by atoms with Crippen LogP contribution in [0.4, 0.5) is 5.69 Å². The Labute approximate surface area is 176 Å². The van der Waals surface area contributed by atoms with E-state index in [9.17, 15) is 10.2 Å². The highest BCUT2D eigenvalue weighted by Crippen LogP contribution is 2.38. The number of nitrogens with zero attached hydrogens (tertiary/aromatic N) is 2. The minimum Gasteiger partial charge on any atom is -0.508 e. The number of hydrogen-bond donors (Lipinski definition) is 3. The lowest BCUT2D eigenvalue weighted by atomic mass is 9.97. The van der Waals surface area contributed by atoms with E-state index in [1.807, 2.05) is 33.0 Å². The number of benzene rings is 2. The molecular formula is C23H27N3O2S. The average molecular weight is 410 g/mol. The van der Waals surface area contributed by atoms with E-state index < -0.39 is 0 Å². The molecule has 0 atom stereocenters. The van der Waals surface area contributed by atoms with E-state index in [1.165, 1.54) is 6.07 Å². The Kier molecular flexibility index (Phi) is 5.57. The molecule has 0 saturated heterocycles. The maximum atomic E-state index is 10.5. The molecule has 29 heavy (non-hydrogen) atoms. The largest absolute Gasteiger partial charge is 0.508 e. The molecule has 3 N–H and O–H groups in total. The SMILES string of the molecule is C=C(c1cc(C(C)C)c(O)cc1O)N(C(=S)NC)c1ccc2c(c1)cc(C)n2C. The Morgan fingerprint density at radius 1 is 1.14 bits per heavy atom. The van der Waals surface area contributed by atoms with Gasteiger partial charge in [-0.2, -0.15) is 0 Å². The Balaban J connectivity index is 2.14. The smallest absolute Gasteiger partial charge is 0.177 e. The fraction of sp³-hybridized carbons (Fsp3) is 0.261. The number of fused-ring (bicyclic) bond motifs is 1. The molecule has 1 aromatic heterocycles. The van der Waals surface area contributed by atoms with Gasteiger partial charge in [-0.25, -0.2) is 0 Å². The van der Waals surface area contributed by atoms with Crippen LogP contribution in [0.3, 0.4) is 0 Å². The van der Waals surface area contributed by atoms with Crippen molar-refractivity contribution in [1.29, 1.82) is 0 Å². The van der Waals surface area contributed by atoms with Gasteiger partial charge in [0.1, 0.15) is 11.5 Å². The lowest BCUT2D eigenvalue weighted by Gasteiger charge is -2.28. The Hall–Kier alpha value is -2.99. The summed E-state index contributed by atoms with van der Waals surface area (Å²) in [6.45, 7) is 10.3. The summed E-state index contributed by atoms with van der Waals surface area (Å²) in [6.07, 6.45) is 0. The zero-order valence-corrected chi connectivity index (χ0v) is 18.3. The van der Waals surface area contributed by atoms with Gasteiger partial charge in [-0.15, -0.1) is 0 Å². The van der Waals surface area contributed by atoms with E-state index >= 15 is 0 Å². The highest BCUT2D eigenvalue weighted by atomic mass is 32.1. The average Bonchev–Trinajstić information content (AvgIpc) is 2.94. The number of phenols is 2. The van der Waals surface area contributed by atoms with Gasteiger partial charge < -0.3 is 20.1 Å². The molecule has 5 nitrogen and oxygen atoms in total. The molecule has 152 valence electrons. The first-order valence-electron chi connectivity index (χ1n) is 9.48. The summed E-state index contributed by atoms with van der Waals surface area (Å²) >= 11 is 5.56. The quantitative estimate of drug-likeness (QED) is 0.529. The summed E-state index contributed by atoms with van der Waals surface area (Å²) in [5.41, 5.74) is 4.91. The molecule has 0 spiro atoms. The normalized spacial score (nSPS) is 11.1. The molecule has 0 bridgehead atoms. The van der Waals surface area contributed by atoms with Gasteiger partial charge in [-0.1, -0.05) is 20.4 Å². The van der Waals surface area contributed by atoms with Crippen molar-refractivity contribution in [3.8, 4) is 11.5 Å². The second-order valence-corrected chi connectivity index (χ2v) is 7.89. The molecule has 0 saturated carbocycles. The number of aromatic nitrogens is 1. The number of hydrogen-bond acceptors (Lipinski definition) is 3. The second kappa shape index (κ2) is 7.79. The van der Waals surface area contributed by atoms with Gasteiger partial charge in [-0.05, 0) is 61.0 Å². The third kappa shape index (κ3) is 3.68. The van der Waals surface area contributed by atoms with E-state index in [0.717, 1.165) is 27.8 Å². The van der Waals surface area contributed by atoms with Crippen molar-refractivity contribution < 1.29 is 10.2 Å². The summed E-state index contributed by atoms with van der Waals surface area (Å²) < 4.78 is 2.13. The maximum absolute atomic E-state index is 10.5. The van der Waals surface area contributed by atoms with Crippen LogP contribution in [-0.4, -0.2) is 26.9 Å². The van der Waals surface area contributed by atoms with Gasteiger partial charge in [0, 0.05) is 48.0 Å². The van der Waals surface area contributed by atoms with Gasteiger partial charge in [0.2, 0.25) is 0 Å². The molecule has 3 rings (SSSR count). The van der Waals surface area contributed by atoms with Crippen LogP contribution in [0, 0.1) is 6.92 Å². The van der Waals surface area contributed by atoms with Gasteiger partial charge in [-0.3, -0.25) is 4.90 Å². The zero-order chi connectivity index (χ0) is 21.5. The van der Waals surface area contributed by atoms with Crippen LogP contribution >= 0.6 is 12.2 Å². The maximum Gasteiger partial charge on any atom is 0.177 e.